The van der Waals surface area contributed by atoms with Gasteiger partial charge in [-0.15, -0.1) is 13.2 Å². The van der Waals surface area contributed by atoms with Gasteiger partial charge in [0, 0.05) is 54.5 Å². The fourth-order valence-corrected chi connectivity index (χ4v) is 4.45. The maximum Gasteiger partial charge on any atom is 0.573 e. The van der Waals surface area contributed by atoms with E-state index in [1.54, 1.807) is 6.92 Å². The number of benzene rings is 2. The molecule has 1 aliphatic rings. The van der Waals surface area contributed by atoms with Crippen LogP contribution >= 0.6 is 0 Å². The molecule has 4 rings (SSSR count). The van der Waals surface area contributed by atoms with Gasteiger partial charge in [0.05, 0.1) is 7.11 Å². The first-order valence-corrected chi connectivity index (χ1v) is 11.7. The van der Waals surface area contributed by atoms with Crippen LogP contribution in [-0.4, -0.2) is 42.4 Å². The Hall–Kier alpha value is -4.49. The second-order valence-corrected chi connectivity index (χ2v) is 8.72. The first-order valence-electron chi connectivity index (χ1n) is 11.7. The Morgan fingerprint density at radius 3 is 2.20 bits per heavy atom. The number of carbonyl (C=O) groups is 2. The van der Waals surface area contributed by atoms with Gasteiger partial charge in [-0.2, -0.15) is 0 Å². The highest BCUT2D eigenvalue weighted by molar-refractivity contribution is 6.05. The second-order valence-electron chi connectivity index (χ2n) is 8.72. The number of rotatable bonds is 7. The van der Waals surface area contributed by atoms with Crippen molar-refractivity contribution in [1.82, 2.24) is 9.88 Å². The summed E-state index contributed by atoms with van der Waals surface area (Å²) in [5.41, 5.74) is -1.95. The fraction of sp³-hybridized carbons (Fsp3) is 0.269. The molecule has 2 atom stereocenters. The Labute approximate surface area is 222 Å². The molecule has 1 aromatic heterocycles. The Balaban J connectivity index is 1.73. The lowest BCUT2D eigenvalue weighted by Crippen LogP contribution is -2.44. The molecule has 1 saturated heterocycles. The number of halogens is 6. The molecule has 2 amide bonds. The highest BCUT2D eigenvalue weighted by Gasteiger charge is 2.46. The summed E-state index contributed by atoms with van der Waals surface area (Å²) in [7, 11) is 1.19. The summed E-state index contributed by atoms with van der Waals surface area (Å²) in [5.74, 6) is -7.14. The number of amides is 2. The van der Waals surface area contributed by atoms with Crippen molar-refractivity contribution >= 4 is 17.5 Å². The minimum atomic E-state index is -4.96. The van der Waals surface area contributed by atoms with Gasteiger partial charge in [0.1, 0.15) is 40.7 Å². The zero-order valence-corrected chi connectivity index (χ0v) is 20.9. The van der Waals surface area contributed by atoms with Crippen LogP contribution in [-0.2, 0) is 11.3 Å². The van der Waals surface area contributed by atoms with Crippen molar-refractivity contribution in [3.8, 4) is 11.5 Å². The quantitative estimate of drug-likeness (QED) is 0.433. The normalized spacial score (nSPS) is 17.2. The summed E-state index contributed by atoms with van der Waals surface area (Å²) < 4.78 is 91.4. The first-order chi connectivity index (χ1) is 18.8. The maximum atomic E-state index is 15.1. The van der Waals surface area contributed by atoms with Crippen molar-refractivity contribution in [1.29, 1.82) is 0 Å². The molecule has 2 heterocycles. The number of aryl methyl sites for hydroxylation is 1. The molecule has 1 N–H and O–H groups in total. The Morgan fingerprint density at radius 2 is 1.65 bits per heavy atom. The number of hydrogen-bond acceptors (Lipinski definition) is 5. The standard InChI is InChI=1S/C26H21F6N3O5/c1-3-34-11-14(27)8-20(24(34)37)35-12-17(21-18(28)9-16(39-2)10-19(21)29)22(25(35)38)33-23(36)13-4-6-15(7-5-13)40-26(30,31)32/h4-11,17,22H,3,12H2,1-2H3,(H,33,36)/t17-,22-/m0/s1. The Bertz CT molecular complexity index is 1480. The number of ether oxygens (including phenoxy) is 2. The number of carbonyl (C=O) groups excluding carboxylic acids is 2. The smallest absolute Gasteiger partial charge is 0.497 e. The summed E-state index contributed by atoms with van der Waals surface area (Å²) in [5, 5.41) is 2.35. The highest BCUT2D eigenvalue weighted by Crippen LogP contribution is 2.36. The third-order valence-electron chi connectivity index (χ3n) is 6.27. The van der Waals surface area contributed by atoms with Crippen molar-refractivity contribution in [2.75, 3.05) is 18.6 Å². The van der Waals surface area contributed by atoms with Gasteiger partial charge in [-0.05, 0) is 31.2 Å². The molecule has 0 bridgehead atoms. The van der Waals surface area contributed by atoms with E-state index in [0.717, 1.165) is 58.1 Å². The first kappa shape index (κ1) is 28.5. The second kappa shape index (κ2) is 10.9. The van der Waals surface area contributed by atoms with Gasteiger partial charge in [0.15, 0.2) is 0 Å². The number of methoxy groups -OCH3 is 1. The fourth-order valence-electron chi connectivity index (χ4n) is 4.45. The molecule has 0 unspecified atom stereocenters. The summed E-state index contributed by atoms with van der Waals surface area (Å²) in [6.07, 6.45) is -4.03. The average molecular weight is 569 g/mol. The van der Waals surface area contributed by atoms with Crippen LogP contribution in [0.4, 0.5) is 32.0 Å². The van der Waals surface area contributed by atoms with Crippen LogP contribution in [0.15, 0.2) is 53.5 Å². The number of nitrogens with one attached hydrogen (secondary N) is 1. The molecule has 1 aliphatic heterocycles. The molecular formula is C26H21F6N3O5. The van der Waals surface area contributed by atoms with Crippen molar-refractivity contribution < 1.29 is 45.4 Å². The van der Waals surface area contributed by atoms with Crippen molar-refractivity contribution in [2.45, 2.75) is 31.8 Å². The van der Waals surface area contributed by atoms with E-state index in [9.17, 15) is 31.9 Å². The van der Waals surface area contributed by atoms with E-state index in [2.05, 4.69) is 10.1 Å². The van der Waals surface area contributed by atoms with Crippen LogP contribution in [0.5, 0.6) is 11.5 Å². The molecule has 0 spiro atoms. The van der Waals surface area contributed by atoms with E-state index in [1.807, 2.05) is 0 Å². The van der Waals surface area contributed by atoms with E-state index in [4.69, 9.17) is 4.74 Å². The summed E-state index contributed by atoms with van der Waals surface area (Å²) >= 11 is 0. The SMILES string of the molecule is CCn1cc(F)cc(N2C[C@@H](c3c(F)cc(OC)cc3F)[C@H](NC(=O)c3ccc(OC(F)(F)F)cc3)C2=O)c1=O. The van der Waals surface area contributed by atoms with Crippen molar-refractivity contribution in [3.63, 3.8) is 0 Å². The molecule has 0 aliphatic carbocycles. The van der Waals surface area contributed by atoms with E-state index < -0.39 is 76.7 Å². The third-order valence-corrected chi connectivity index (χ3v) is 6.27. The van der Waals surface area contributed by atoms with Crippen LogP contribution in [0, 0.1) is 17.5 Å². The van der Waals surface area contributed by atoms with Gasteiger partial charge in [-0.25, -0.2) is 13.2 Å². The molecule has 1 fully saturated rings. The van der Waals surface area contributed by atoms with Crippen LogP contribution in [0.3, 0.4) is 0 Å². The van der Waals surface area contributed by atoms with Crippen LogP contribution in [0.1, 0.15) is 28.8 Å². The lowest BCUT2D eigenvalue weighted by atomic mass is 9.92. The summed E-state index contributed by atoms with van der Waals surface area (Å²) in [6, 6.07) is 4.61. The van der Waals surface area contributed by atoms with Gasteiger partial charge < -0.3 is 24.3 Å². The van der Waals surface area contributed by atoms with Gasteiger partial charge in [-0.3, -0.25) is 14.4 Å². The monoisotopic (exact) mass is 569 g/mol. The third kappa shape index (κ3) is 5.75. The number of alkyl halides is 3. The van der Waals surface area contributed by atoms with Crippen molar-refractivity contribution in [2.24, 2.45) is 0 Å². The topological polar surface area (TPSA) is 89.9 Å². The van der Waals surface area contributed by atoms with Crippen LogP contribution in [0.25, 0.3) is 0 Å². The molecule has 0 radical (unpaired) electrons. The molecule has 40 heavy (non-hydrogen) atoms. The van der Waals surface area contributed by atoms with E-state index in [1.165, 1.54) is 7.11 Å². The van der Waals surface area contributed by atoms with Gasteiger partial charge >= 0.3 is 6.36 Å². The molecule has 14 heteroatoms. The molecule has 3 aromatic rings. The number of hydrogen-bond donors (Lipinski definition) is 1. The predicted octanol–water partition coefficient (Wildman–Crippen LogP) is 4.12. The molecular weight excluding hydrogens is 548 g/mol. The van der Waals surface area contributed by atoms with Crippen LogP contribution in [0.2, 0.25) is 0 Å². The van der Waals surface area contributed by atoms with E-state index in [0.29, 0.717) is 0 Å². The average Bonchev–Trinajstić information content (AvgIpc) is 3.19. The summed E-state index contributed by atoms with van der Waals surface area (Å²) in [6.45, 7) is 1.12. The zero-order chi connectivity index (χ0) is 29.4. The number of aromatic nitrogens is 1. The number of anilines is 1. The van der Waals surface area contributed by atoms with E-state index in [-0.39, 0.29) is 17.9 Å². The molecule has 212 valence electrons. The largest absolute Gasteiger partial charge is 0.573 e. The number of nitrogens with zero attached hydrogens (tertiary/aromatic N) is 2. The predicted molar refractivity (Wildman–Crippen MR) is 129 cm³/mol. The number of pyridine rings is 1. The van der Waals surface area contributed by atoms with E-state index >= 15 is 8.78 Å². The van der Waals surface area contributed by atoms with Gasteiger partial charge in [0.25, 0.3) is 11.5 Å². The molecule has 0 saturated carbocycles. The Morgan fingerprint density at radius 1 is 1.02 bits per heavy atom. The molecule has 2 aromatic carbocycles. The lowest BCUT2D eigenvalue weighted by Gasteiger charge is -2.20. The minimum Gasteiger partial charge on any atom is -0.497 e. The minimum absolute atomic E-state index is 0.0605. The van der Waals surface area contributed by atoms with Crippen LogP contribution < -0.4 is 25.2 Å². The van der Waals surface area contributed by atoms with Gasteiger partial charge in [0.2, 0.25) is 5.91 Å². The lowest BCUT2D eigenvalue weighted by molar-refractivity contribution is -0.274. The molecule has 8 nitrogen and oxygen atoms in total. The Kier molecular flexibility index (Phi) is 7.80. The summed E-state index contributed by atoms with van der Waals surface area (Å²) in [4.78, 5) is 40.2. The zero-order valence-electron chi connectivity index (χ0n) is 20.9. The van der Waals surface area contributed by atoms with Crippen molar-refractivity contribution in [3.05, 3.63) is 87.6 Å². The maximum absolute atomic E-state index is 15.1. The van der Waals surface area contributed by atoms with Gasteiger partial charge in [-0.1, -0.05) is 0 Å². The highest BCUT2D eigenvalue weighted by atomic mass is 19.4.